The van der Waals surface area contributed by atoms with Crippen LogP contribution in [0.2, 0.25) is 0 Å². The zero-order chi connectivity index (χ0) is 22.2. The van der Waals surface area contributed by atoms with Crippen LogP contribution in [0.4, 0.5) is 13.2 Å². The van der Waals surface area contributed by atoms with Gasteiger partial charge < -0.3 is 19.0 Å². The van der Waals surface area contributed by atoms with E-state index in [1.807, 2.05) is 24.5 Å². The normalized spacial score (nSPS) is 11.6. The van der Waals surface area contributed by atoms with Gasteiger partial charge in [-0.3, -0.25) is 4.79 Å². The number of pyridine rings is 1. The van der Waals surface area contributed by atoms with E-state index >= 15 is 0 Å². The van der Waals surface area contributed by atoms with Gasteiger partial charge in [-0.2, -0.15) is 0 Å². The van der Waals surface area contributed by atoms with Crippen molar-refractivity contribution in [2.24, 2.45) is 7.05 Å². The van der Waals surface area contributed by atoms with Gasteiger partial charge in [0, 0.05) is 40.8 Å². The third-order valence-electron chi connectivity index (χ3n) is 4.66. The lowest BCUT2D eigenvalue weighted by Gasteiger charge is -2.15. The third-order valence-corrected chi connectivity index (χ3v) is 5.38. The molecule has 0 aliphatic rings. The molecule has 1 N–H and O–H groups in total. The van der Waals surface area contributed by atoms with Crippen LogP contribution >= 0.6 is 11.8 Å². The molecule has 2 aromatic carbocycles. The van der Waals surface area contributed by atoms with Gasteiger partial charge in [-0.1, -0.05) is 0 Å². The Morgan fingerprint density at radius 3 is 2.39 bits per heavy atom. The number of thioether (sulfide) groups is 1. The van der Waals surface area contributed by atoms with E-state index in [4.69, 9.17) is 4.74 Å². The summed E-state index contributed by atoms with van der Waals surface area (Å²) in [6, 6.07) is 12.6. The van der Waals surface area contributed by atoms with Gasteiger partial charge in [-0.25, -0.2) is 0 Å². The van der Waals surface area contributed by atoms with Gasteiger partial charge in [0.25, 0.3) is 5.56 Å². The van der Waals surface area contributed by atoms with E-state index in [0.717, 1.165) is 21.4 Å². The highest BCUT2D eigenvalue weighted by atomic mass is 32.2. The highest BCUT2D eigenvalue weighted by Gasteiger charge is 2.31. The average molecular weight is 446 g/mol. The Labute approximate surface area is 179 Å². The van der Waals surface area contributed by atoms with Crippen LogP contribution in [0.15, 0.2) is 70.6 Å². The molecular formula is C22H17F3N2O3S. The van der Waals surface area contributed by atoms with Crippen molar-refractivity contribution in [2.45, 2.75) is 11.3 Å². The third kappa shape index (κ3) is 4.41. The Morgan fingerprint density at radius 2 is 1.71 bits per heavy atom. The summed E-state index contributed by atoms with van der Waals surface area (Å²) in [5.74, 6) is 0.524. The zero-order valence-corrected chi connectivity index (χ0v) is 17.3. The Kier molecular flexibility index (Phi) is 5.45. The van der Waals surface area contributed by atoms with Crippen molar-refractivity contribution in [2.75, 3.05) is 6.26 Å². The average Bonchev–Trinajstić information content (AvgIpc) is 3.22. The molecule has 4 aromatic rings. The first-order valence-electron chi connectivity index (χ1n) is 9.14. The lowest BCUT2D eigenvalue weighted by molar-refractivity contribution is -0.274. The van der Waals surface area contributed by atoms with E-state index in [-0.39, 0.29) is 11.3 Å². The molecule has 0 aliphatic heterocycles. The Bertz CT molecular complexity index is 1290. The smallest absolute Gasteiger partial charge is 0.457 e. The van der Waals surface area contributed by atoms with Gasteiger partial charge in [0.15, 0.2) is 0 Å². The van der Waals surface area contributed by atoms with Gasteiger partial charge >= 0.3 is 6.36 Å². The highest BCUT2D eigenvalue weighted by Crippen LogP contribution is 2.39. The number of nitrogens with one attached hydrogen (secondary N) is 1. The van der Waals surface area contributed by atoms with Crippen LogP contribution in [-0.4, -0.2) is 22.2 Å². The number of aromatic nitrogens is 2. The number of ether oxygens (including phenoxy) is 2. The largest absolute Gasteiger partial charge is 0.573 e. The predicted molar refractivity (Wildman–Crippen MR) is 114 cm³/mol. The molecule has 9 heteroatoms. The molecule has 0 saturated carbocycles. The van der Waals surface area contributed by atoms with Crippen molar-refractivity contribution >= 4 is 22.7 Å². The van der Waals surface area contributed by atoms with Gasteiger partial charge in [-0.05, 0) is 54.8 Å². The van der Waals surface area contributed by atoms with Crippen LogP contribution in [0.1, 0.15) is 0 Å². The number of aryl methyl sites for hydroxylation is 1. The maximum absolute atomic E-state index is 12.4. The monoisotopic (exact) mass is 446 g/mol. The summed E-state index contributed by atoms with van der Waals surface area (Å²) in [5, 5.41) is 0.750. The summed E-state index contributed by atoms with van der Waals surface area (Å²) in [6.45, 7) is 0. The first-order valence-corrected chi connectivity index (χ1v) is 10.4. The molecule has 2 aromatic heterocycles. The number of nitrogens with zero attached hydrogens (tertiary/aromatic N) is 1. The van der Waals surface area contributed by atoms with E-state index in [2.05, 4.69) is 9.72 Å². The molecule has 0 spiro atoms. The van der Waals surface area contributed by atoms with Crippen molar-refractivity contribution < 1.29 is 22.6 Å². The van der Waals surface area contributed by atoms with E-state index in [1.54, 1.807) is 37.3 Å². The molecular weight excluding hydrogens is 429 g/mol. The van der Waals surface area contributed by atoms with Crippen LogP contribution in [0, 0.1) is 0 Å². The second kappa shape index (κ2) is 8.07. The molecule has 2 heterocycles. The molecule has 4 rings (SSSR count). The molecule has 160 valence electrons. The summed E-state index contributed by atoms with van der Waals surface area (Å²) in [4.78, 5) is 16.4. The Balaban J connectivity index is 1.77. The first-order chi connectivity index (χ1) is 14.7. The molecule has 0 atom stereocenters. The molecule has 0 saturated heterocycles. The summed E-state index contributed by atoms with van der Waals surface area (Å²) in [5.41, 5.74) is 1.88. The summed E-state index contributed by atoms with van der Waals surface area (Å²) in [6.07, 6.45) is 0.638. The number of benzene rings is 2. The van der Waals surface area contributed by atoms with Crippen LogP contribution in [0.5, 0.6) is 17.2 Å². The topological polar surface area (TPSA) is 56.2 Å². The fourth-order valence-electron chi connectivity index (χ4n) is 3.26. The number of aromatic amines is 1. The van der Waals surface area contributed by atoms with Gasteiger partial charge in [-0.15, -0.1) is 24.9 Å². The van der Waals surface area contributed by atoms with E-state index in [9.17, 15) is 18.0 Å². The van der Waals surface area contributed by atoms with Gasteiger partial charge in [0.05, 0.1) is 0 Å². The van der Waals surface area contributed by atoms with E-state index in [1.165, 1.54) is 28.8 Å². The second-order valence-electron chi connectivity index (χ2n) is 6.71. The summed E-state index contributed by atoms with van der Waals surface area (Å²) < 4.78 is 48.5. The van der Waals surface area contributed by atoms with Crippen molar-refractivity contribution in [1.82, 2.24) is 9.55 Å². The van der Waals surface area contributed by atoms with Crippen molar-refractivity contribution in [3.8, 4) is 28.4 Å². The zero-order valence-electron chi connectivity index (χ0n) is 16.5. The fourth-order valence-corrected chi connectivity index (χ4v) is 3.70. The molecule has 0 radical (unpaired) electrons. The van der Waals surface area contributed by atoms with Gasteiger partial charge in [0.1, 0.15) is 22.8 Å². The summed E-state index contributed by atoms with van der Waals surface area (Å²) >= 11 is 1.56. The number of fused-ring (bicyclic) bond motifs is 1. The molecule has 0 fully saturated rings. The first kappa shape index (κ1) is 20.9. The second-order valence-corrected chi connectivity index (χ2v) is 7.59. The SMILES string of the molecule is CSc1ccc(Oc2ccc(OC(F)(F)F)cc2)c(-c2cn(C)c(=O)c3[nH]ccc23)c1. The van der Waals surface area contributed by atoms with E-state index in [0.29, 0.717) is 17.0 Å². The van der Waals surface area contributed by atoms with Crippen LogP contribution < -0.4 is 15.0 Å². The fraction of sp³-hybridized carbons (Fsp3) is 0.136. The van der Waals surface area contributed by atoms with Crippen molar-refractivity contribution in [3.05, 3.63) is 71.3 Å². The lowest BCUT2D eigenvalue weighted by atomic mass is 10.0. The van der Waals surface area contributed by atoms with Crippen molar-refractivity contribution in [1.29, 1.82) is 0 Å². The quantitative estimate of drug-likeness (QED) is 0.385. The van der Waals surface area contributed by atoms with Crippen LogP contribution in [0.25, 0.3) is 22.0 Å². The minimum atomic E-state index is -4.76. The number of halogens is 3. The molecule has 0 amide bonds. The standard InChI is InChI=1S/C22H17F3N2O3S/c1-27-12-18(16-9-10-26-20(16)21(27)28)17-11-15(31-2)7-8-19(17)29-13-3-5-14(6-4-13)30-22(23,24)25/h3-12,26H,1-2H3. The predicted octanol–water partition coefficient (Wildman–Crippen LogP) is 5.95. The van der Waals surface area contributed by atoms with Crippen molar-refractivity contribution in [3.63, 3.8) is 0 Å². The Morgan fingerprint density at radius 1 is 1.00 bits per heavy atom. The minimum Gasteiger partial charge on any atom is -0.457 e. The molecule has 0 bridgehead atoms. The number of hydrogen-bond acceptors (Lipinski definition) is 4. The minimum absolute atomic E-state index is 0.146. The number of hydrogen-bond donors (Lipinski definition) is 1. The molecule has 31 heavy (non-hydrogen) atoms. The van der Waals surface area contributed by atoms with E-state index < -0.39 is 6.36 Å². The number of H-pyrrole nitrogens is 1. The highest BCUT2D eigenvalue weighted by molar-refractivity contribution is 7.98. The lowest BCUT2D eigenvalue weighted by Crippen LogP contribution is -2.16. The molecule has 5 nitrogen and oxygen atoms in total. The number of rotatable bonds is 5. The molecule has 0 unspecified atom stereocenters. The Hall–Kier alpha value is -3.33. The van der Waals surface area contributed by atoms with Crippen LogP contribution in [-0.2, 0) is 7.05 Å². The maximum Gasteiger partial charge on any atom is 0.573 e. The van der Waals surface area contributed by atoms with Gasteiger partial charge in [0.2, 0.25) is 0 Å². The maximum atomic E-state index is 12.4. The molecule has 0 aliphatic carbocycles. The van der Waals surface area contributed by atoms with Crippen LogP contribution in [0.3, 0.4) is 0 Å². The summed E-state index contributed by atoms with van der Waals surface area (Å²) in [7, 11) is 1.67. The number of alkyl halides is 3.